The summed E-state index contributed by atoms with van der Waals surface area (Å²) in [5.74, 6) is -0.602. The minimum Gasteiger partial charge on any atom is -0.348 e. The zero-order chi connectivity index (χ0) is 21.1. The highest BCUT2D eigenvalue weighted by Crippen LogP contribution is 2.21. The first-order valence-corrected chi connectivity index (χ1v) is 10.8. The summed E-state index contributed by atoms with van der Waals surface area (Å²) in [4.78, 5) is 24.2. The van der Waals surface area contributed by atoms with Gasteiger partial charge in [0.15, 0.2) is 5.78 Å². The number of nitrogens with one attached hydrogen (secondary N) is 1. The maximum absolute atomic E-state index is 12.6. The summed E-state index contributed by atoms with van der Waals surface area (Å²) in [5.41, 5.74) is 3.83. The Hall–Kier alpha value is -2.67. The smallest absolute Gasteiger partial charge is 0.241 e. The number of hydrogen-bond donors (Lipinski definition) is 1. The van der Waals surface area contributed by atoms with Gasteiger partial charge < -0.3 is 5.32 Å². The lowest BCUT2D eigenvalue weighted by Gasteiger charge is -2.24. The average Bonchev–Trinajstić information content (AvgIpc) is 2.58. The van der Waals surface area contributed by atoms with Gasteiger partial charge in [0.1, 0.15) is 6.54 Å². The molecule has 0 saturated heterocycles. The second kappa shape index (κ2) is 8.56. The van der Waals surface area contributed by atoms with Crippen LogP contribution in [0.5, 0.6) is 0 Å². The molecule has 7 heteroatoms. The molecule has 2 aromatic rings. The van der Waals surface area contributed by atoms with Crippen molar-refractivity contribution in [1.29, 1.82) is 0 Å². The fourth-order valence-corrected chi connectivity index (χ4v) is 3.94. The number of benzene rings is 2. The molecule has 0 saturated carbocycles. The second-order valence-electron chi connectivity index (χ2n) is 7.03. The molecule has 0 aliphatic heterocycles. The van der Waals surface area contributed by atoms with Gasteiger partial charge in [-0.1, -0.05) is 35.9 Å². The van der Waals surface area contributed by atoms with Crippen molar-refractivity contribution in [3.05, 3.63) is 64.7 Å². The van der Waals surface area contributed by atoms with Crippen molar-refractivity contribution in [1.82, 2.24) is 5.32 Å². The number of sulfonamides is 1. The van der Waals surface area contributed by atoms with Crippen LogP contribution in [0.25, 0.3) is 0 Å². The van der Waals surface area contributed by atoms with Crippen LogP contribution in [0.15, 0.2) is 42.5 Å². The molecule has 2 rings (SSSR count). The van der Waals surface area contributed by atoms with E-state index in [2.05, 4.69) is 5.32 Å². The lowest BCUT2D eigenvalue weighted by atomic mass is 10.0. The lowest BCUT2D eigenvalue weighted by molar-refractivity contribution is -0.120. The third-order valence-electron chi connectivity index (χ3n) is 4.50. The van der Waals surface area contributed by atoms with E-state index in [4.69, 9.17) is 0 Å². The molecule has 150 valence electrons. The summed E-state index contributed by atoms with van der Waals surface area (Å²) in [7, 11) is -3.71. The summed E-state index contributed by atoms with van der Waals surface area (Å²) in [6.07, 6.45) is 1.04. The largest absolute Gasteiger partial charge is 0.348 e. The van der Waals surface area contributed by atoms with E-state index in [0.717, 1.165) is 27.3 Å². The number of carbonyl (C=O) groups is 2. The van der Waals surface area contributed by atoms with Crippen LogP contribution < -0.4 is 9.62 Å². The number of Topliss-reactive ketones (excluding diaryl/α,β-unsaturated/α-hetero) is 1. The number of nitrogens with zero attached hydrogens (tertiary/aromatic N) is 1. The molecule has 0 aliphatic carbocycles. The molecule has 1 N–H and O–H groups in total. The average molecular weight is 403 g/mol. The quantitative estimate of drug-likeness (QED) is 0.721. The molecule has 0 aliphatic rings. The van der Waals surface area contributed by atoms with Crippen molar-refractivity contribution >= 4 is 27.4 Å². The maximum atomic E-state index is 12.6. The van der Waals surface area contributed by atoms with Crippen molar-refractivity contribution in [3.63, 3.8) is 0 Å². The van der Waals surface area contributed by atoms with Gasteiger partial charge in [-0.2, -0.15) is 0 Å². The van der Waals surface area contributed by atoms with Gasteiger partial charge in [-0.25, -0.2) is 8.42 Å². The summed E-state index contributed by atoms with van der Waals surface area (Å²) in [6, 6.07) is 11.9. The first-order chi connectivity index (χ1) is 13.0. The van der Waals surface area contributed by atoms with Crippen LogP contribution >= 0.6 is 0 Å². The van der Waals surface area contributed by atoms with Crippen LogP contribution in [0, 0.1) is 13.8 Å². The van der Waals surface area contributed by atoms with E-state index in [-0.39, 0.29) is 24.1 Å². The molecule has 0 fully saturated rings. The summed E-state index contributed by atoms with van der Waals surface area (Å²) < 4.78 is 25.5. The van der Waals surface area contributed by atoms with Gasteiger partial charge in [0.05, 0.1) is 18.0 Å². The molecular formula is C21H26N2O4S. The highest BCUT2D eigenvalue weighted by atomic mass is 32.2. The van der Waals surface area contributed by atoms with Crippen molar-refractivity contribution in [3.8, 4) is 0 Å². The second-order valence-corrected chi connectivity index (χ2v) is 8.93. The third kappa shape index (κ3) is 5.42. The van der Waals surface area contributed by atoms with E-state index >= 15 is 0 Å². The van der Waals surface area contributed by atoms with Gasteiger partial charge in [0.25, 0.3) is 0 Å². The van der Waals surface area contributed by atoms with Crippen molar-refractivity contribution in [2.24, 2.45) is 0 Å². The topological polar surface area (TPSA) is 83.6 Å². The predicted molar refractivity (Wildman–Crippen MR) is 111 cm³/mol. The fourth-order valence-electron chi connectivity index (χ4n) is 3.09. The van der Waals surface area contributed by atoms with Gasteiger partial charge in [-0.3, -0.25) is 13.9 Å². The number of carbonyl (C=O) groups excluding carboxylic acids is 2. The normalized spacial score (nSPS) is 12.3. The minimum absolute atomic E-state index is 0.178. The van der Waals surface area contributed by atoms with E-state index < -0.39 is 15.9 Å². The van der Waals surface area contributed by atoms with Crippen molar-refractivity contribution in [2.45, 2.75) is 33.7 Å². The molecule has 0 unspecified atom stereocenters. The Morgan fingerprint density at radius 1 is 1.11 bits per heavy atom. The van der Waals surface area contributed by atoms with E-state index in [1.165, 1.54) is 13.0 Å². The number of rotatable bonds is 7. The molecule has 0 radical (unpaired) electrons. The van der Waals surface area contributed by atoms with Crippen LogP contribution in [-0.4, -0.2) is 32.9 Å². The van der Waals surface area contributed by atoms with Crippen molar-refractivity contribution < 1.29 is 18.0 Å². The Morgan fingerprint density at radius 3 is 2.36 bits per heavy atom. The van der Waals surface area contributed by atoms with Crippen LogP contribution in [-0.2, 0) is 14.8 Å². The number of hydrogen-bond acceptors (Lipinski definition) is 4. The standard InChI is InChI=1S/C21H26N2O4S/c1-14-9-10-20(15(2)11-14)16(3)22-21(25)13-23(28(5,26)27)19-8-6-7-18(12-19)17(4)24/h6-12,16H,13H2,1-5H3,(H,22,25)/t16-/m0/s1. The first kappa shape index (κ1) is 21.6. The van der Waals surface area contributed by atoms with Crippen LogP contribution in [0.1, 0.15) is 46.9 Å². The van der Waals surface area contributed by atoms with Gasteiger partial charge in [-0.15, -0.1) is 0 Å². The lowest BCUT2D eigenvalue weighted by Crippen LogP contribution is -2.41. The minimum atomic E-state index is -3.71. The molecule has 0 aromatic heterocycles. The Bertz CT molecular complexity index is 999. The molecular weight excluding hydrogens is 376 g/mol. The van der Waals surface area contributed by atoms with Gasteiger partial charge in [-0.05, 0) is 51.0 Å². The monoisotopic (exact) mass is 402 g/mol. The van der Waals surface area contributed by atoms with E-state index in [0.29, 0.717) is 5.56 Å². The summed E-state index contributed by atoms with van der Waals surface area (Å²) in [6.45, 7) is 6.87. The Labute approximate surface area is 166 Å². The Balaban J connectivity index is 2.22. The van der Waals surface area contributed by atoms with Crippen LogP contribution in [0.4, 0.5) is 5.69 Å². The Morgan fingerprint density at radius 2 is 1.79 bits per heavy atom. The fraction of sp³-hybridized carbons (Fsp3) is 0.333. The highest BCUT2D eigenvalue weighted by Gasteiger charge is 2.22. The van der Waals surface area contributed by atoms with E-state index in [1.54, 1.807) is 18.2 Å². The molecule has 2 aromatic carbocycles. The third-order valence-corrected chi connectivity index (χ3v) is 5.64. The summed E-state index contributed by atoms with van der Waals surface area (Å²) >= 11 is 0. The SMILES string of the molecule is CC(=O)c1cccc(N(CC(=O)N[C@@H](C)c2ccc(C)cc2C)S(C)(=O)=O)c1. The zero-order valence-electron chi connectivity index (χ0n) is 16.8. The molecule has 28 heavy (non-hydrogen) atoms. The number of anilines is 1. The molecule has 0 spiro atoms. The molecule has 0 heterocycles. The number of ketones is 1. The van der Waals surface area contributed by atoms with Crippen LogP contribution in [0.2, 0.25) is 0 Å². The number of amides is 1. The number of aryl methyl sites for hydroxylation is 2. The highest BCUT2D eigenvalue weighted by molar-refractivity contribution is 7.92. The zero-order valence-corrected chi connectivity index (χ0v) is 17.6. The first-order valence-electron chi connectivity index (χ1n) is 8.94. The Kier molecular flexibility index (Phi) is 6.61. The maximum Gasteiger partial charge on any atom is 0.241 e. The molecule has 1 amide bonds. The predicted octanol–water partition coefficient (Wildman–Crippen LogP) is 3.15. The van der Waals surface area contributed by atoms with E-state index in [1.807, 2.05) is 39.0 Å². The molecule has 6 nitrogen and oxygen atoms in total. The van der Waals surface area contributed by atoms with Gasteiger partial charge >= 0.3 is 0 Å². The van der Waals surface area contributed by atoms with Gasteiger partial charge in [0, 0.05) is 5.56 Å². The van der Waals surface area contributed by atoms with Gasteiger partial charge in [0.2, 0.25) is 15.9 Å². The molecule has 1 atom stereocenters. The van der Waals surface area contributed by atoms with Crippen molar-refractivity contribution in [2.75, 3.05) is 17.1 Å². The molecule has 0 bridgehead atoms. The summed E-state index contributed by atoms with van der Waals surface area (Å²) in [5, 5.41) is 2.85. The van der Waals surface area contributed by atoms with Crippen LogP contribution in [0.3, 0.4) is 0 Å². The van der Waals surface area contributed by atoms with E-state index in [9.17, 15) is 18.0 Å².